The minimum absolute atomic E-state index is 0.107. The number of phosphoric acid groups is 2. The van der Waals surface area contributed by atoms with Gasteiger partial charge in [-0.15, -0.1) is 0 Å². The highest BCUT2D eigenvalue weighted by molar-refractivity contribution is 7.47. The fraction of sp³-hybridized carbons (Fsp3) is 0.949. The molecule has 0 aliphatic heterocycles. The standard InChI is InChI=1S/C78H152O17P2/c1-8-9-10-11-12-38-45-52-59-75(80)88-65-73(94-78(83)62-55-48-41-34-28-22-21-25-31-37-44-51-58-71(6)7)67-92-96(84,85)90-63-72(79)64-91-97(86,87)93-68-74(95-77(82)61-54-47-40-33-27-20-16-14-18-24-30-36-43-50-57-70(4)5)66-89-76(81)60-53-46-39-32-26-19-15-13-17-23-29-35-42-49-56-69(2)3/h69-74,79H,8-68H2,1-7H3,(H,84,85)(H,86,87)/t72-,73+,74+/m0/s1. The molecule has 0 aromatic heterocycles. The lowest BCUT2D eigenvalue weighted by molar-refractivity contribution is -0.161. The van der Waals surface area contributed by atoms with Crippen LogP contribution in [0.1, 0.15) is 402 Å². The van der Waals surface area contributed by atoms with Gasteiger partial charge in [0.1, 0.15) is 19.3 Å². The van der Waals surface area contributed by atoms with Crippen LogP contribution < -0.4 is 0 Å². The van der Waals surface area contributed by atoms with Gasteiger partial charge in [0, 0.05) is 25.7 Å². The van der Waals surface area contributed by atoms with Crippen molar-refractivity contribution in [3.8, 4) is 0 Å². The molecule has 576 valence electrons. The van der Waals surface area contributed by atoms with Crippen molar-refractivity contribution in [3.63, 3.8) is 0 Å². The maximum atomic E-state index is 13.1. The number of hydrogen-bond donors (Lipinski definition) is 3. The van der Waals surface area contributed by atoms with E-state index < -0.39 is 97.5 Å². The third-order valence-electron chi connectivity index (χ3n) is 18.1. The van der Waals surface area contributed by atoms with Gasteiger partial charge in [-0.2, -0.15) is 0 Å². The number of esters is 4. The van der Waals surface area contributed by atoms with Crippen molar-refractivity contribution in [1.82, 2.24) is 0 Å². The van der Waals surface area contributed by atoms with Crippen LogP contribution in [0.5, 0.6) is 0 Å². The maximum absolute atomic E-state index is 13.1. The van der Waals surface area contributed by atoms with Crippen molar-refractivity contribution in [1.29, 1.82) is 0 Å². The van der Waals surface area contributed by atoms with Gasteiger partial charge < -0.3 is 33.8 Å². The first-order chi connectivity index (χ1) is 46.7. The number of aliphatic hydroxyl groups is 1. The van der Waals surface area contributed by atoms with E-state index in [0.29, 0.717) is 25.7 Å². The molecule has 2 unspecified atom stereocenters. The second-order valence-corrected chi connectivity index (χ2v) is 32.4. The van der Waals surface area contributed by atoms with Crippen LogP contribution in [0.25, 0.3) is 0 Å². The average molecular weight is 1420 g/mol. The highest BCUT2D eigenvalue weighted by atomic mass is 31.2. The Morgan fingerprint density at radius 1 is 0.278 bits per heavy atom. The van der Waals surface area contributed by atoms with Crippen molar-refractivity contribution in [2.45, 2.75) is 420 Å². The quantitative estimate of drug-likeness (QED) is 0.0222. The molecule has 0 amide bonds. The Labute approximate surface area is 594 Å². The molecule has 5 atom stereocenters. The first kappa shape index (κ1) is 95.1. The van der Waals surface area contributed by atoms with Crippen LogP contribution in [0.15, 0.2) is 0 Å². The third-order valence-corrected chi connectivity index (χ3v) is 20.0. The van der Waals surface area contributed by atoms with E-state index in [1.807, 2.05) is 0 Å². The molecule has 17 nitrogen and oxygen atoms in total. The number of carbonyl (C=O) groups is 4. The molecule has 0 bridgehead atoms. The zero-order valence-corrected chi connectivity index (χ0v) is 65.3. The maximum Gasteiger partial charge on any atom is 0.472 e. The van der Waals surface area contributed by atoms with Gasteiger partial charge >= 0.3 is 39.5 Å². The van der Waals surface area contributed by atoms with Gasteiger partial charge in [-0.25, -0.2) is 9.13 Å². The number of phosphoric ester groups is 2. The molecule has 0 aromatic carbocycles. The Bertz CT molecular complexity index is 1890. The summed E-state index contributed by atoms with van der Waals surface area (Å²) >= 11 is 0. The second-order valence-electron chi connectivity index (χ2n) is 29.5. The fourth-order valence-electron chi connectivity index (χ4n) is 12.0. The minimum Gasteiger partial charge on any atom is -0.462 e. The van der Waals surface area contributed by atoms with Crippen LogP contribution in [0.4, 0.5) is 0 Å². The lowest BCUT2D eigenvalue weighted by Crippen LogP contribution is -2.30. The summed E-state index contributed by atoms with van der Waals surface area (Å²) in [6, 6.07) is 0. The second kappa shape index (κ2) is 68.5. The van der Waals surface area contributed by atoms with Gasteiger partial charge in [0.05, 0.1) is 26.4 Å². The Morgan fingerprint density at radius 3 is 0.701 bits per heavy atom. The average Bonchev–Trinajstić information content (AvgIpc) is 1.36. The first-order valence-electron chi connectivity index (χ1n) is 40.3. The summed E-state index contributed by atoms with van der Waals surface area (Å²) in [7, 11) is -9.91. The van der Waals surface area contributed by atoms with Crippen molar-refractivity contribution in [3.05, 3.63) is 0 Å². The molecule has 0 aliphatic carbocycles. The molecule has 0 aliphatic rings. The molecule has 0 radical (unpaired) electrons. The number of unbranched alkanes of at least 4 members (excludes halogenated alkanes) is 44. The van der Waals surface area contributed by atoms with Gasteiger partial charge in [0.15, 0.2) is 12.2 Å². The van der Waals surface area contributed by atoms with Crippen LogP contribution >= 0.6 is 15.6 Å². The van der Waals surface area contributed by atoms with Crippen LogP contribution in [0, 0.1) is 17.8 Å². The SMILES string of the molecule is CCCCCCCCCCC(=O)OC[C@H](COP(=O)(O)OC[C@H](O)COP(=O)(O)OC[C@@H](COC(=O)CCCCCCCCCCCCCCCCC(C)C)OC(=O)CCCCCCCCCCCCCCCCC(C)C)OC(=O)CCCCCCCCCCCCCCC(C)C. The first-order valence-corrected chi connectivity index (χ1v) is 43.3. The van der Waals surface area contributed by atoms with Gasteiger partial charge in [0.2, 0.25) is 0 Å². The normalized spacial score (nSPS) is 14.0. The summed E-state index contributed by atoms with van der Waals surface area (Å²) in [6.07, 6.45) is 55.5. The van der Waals surface area contributed by atoms with Crippen molar-refractivity contribution >= 4 is 39.5 Å². The lowest BCUT2D eigenvalue weighted by Gasteiger charge is -2.21. The molecule has 0 spiro atoms. The smallest absolute Gasteiger partial charge is 0.462 e. The zero-order chi connectivity index (χ0) is 71.6. The monoisotopic (exact) mass is 1420 g/mol. The molecular formula is C78H152O17P2. The Kier molecular flexibility index (Phi) is 67.1. The summed E-state index contributed by atoms with van der Waals surface area (Å²) in [5, 5.41) is 10.6. The molecular weight excluding hydrogens is 1270 g/mol. The van der Waals surface area contributed by atoms with Crippen molar-refractivity contribution in [2.75, 3.05) is 39.6 Å². The number of rotatable bonds is 76. The molecule has 0 heterocycles. The molecule has 19 heteroatoms. The Balaban J connectivity index is 5.22. The molecule has 0 saturated heterocycles. The van der Waals surface area contributed by atoms with E-state index in [4.69, 9.17) is 37.0 Å². The fourth-order valence-corrected chi connectivity index (χ4v) is 13.5. The predicted octanol–water partition coefficient (Wildman–Crippen LogP) is 23.0. The highest BCUT2D eigenvalue weighted by Gasteiger charge is 2.30. The minimum atomic E-state index is -4.96. The van der Waals surface area contributed by atoms with Gasteiger partial charge in [-0.05, 0) is 43.4 Å². The largest absolute Gasteiger partial charge is 0.472 e. The van der Waals surface area contributed by atoms with Gasteiger partial charge in [-0.1, -0.05) is 350 Å². The summed E-state index contributed by atoms with van der Waals surface area (Å²) in [4.78, 5) is 72.8. The Hall–Kier alpha value is -1.94. The number of aliphatic hydroxyl groups excluding tert-OH is 1. The summed E-state index contributed by atoms with van der Waals surface area (Å²) in [5.41, 5.74) is 0. The van der Waals surface area contributed by atoms with Crippen LogP contribution in [-0.4, -0.2) is 96.7 Å². The number of carbonyl (C=O) groups excluding carboxylic acids is 4. The molecule has 3 N–H and O–H groups in total. The van der Waals surface area contributed by atoms with Gasteiger partial charge in [-0.3, -0.25) is 37.3 Å². The molecule has 0 saturated carbocycles. The summed E-state index contributed by atoms with van der Waals surface area (Å²) < 4.78 is 68.6. The van der Waals surface area contributed by atoms with Crippen LogP contribution in [0.3, 0.4) is 0 Å². The molecule has 97 heavy (non-hydrogen) atoms. The third kappa shape index (κ3) is 72.2. The van der Waals surface area contributed by atoms with E-state index in [1.54, 1.807) is 0 Å². The van der Waals surface area contributed by atoms with Crippen molar-refractivity contribution in [2.24, 2.45) is 17.8 Å². The highest BCUT2D eigenvalue weighted by Crippen LogP contribution is 2.45. The summed E-state index contributed by atoms with van der Waals surface area (Å²) in [6.45, 7) is 11.9. The predicted molar refractivity (Wildman–Crippen MR) is 395 cm³/mol. The van der Waals surface area contributed by atoms with Crippen LogP contribution in [-0.2, 0) is 65.4 Å². The van der Waals surface area contributed by atoms with E-state index in [2.05, 4.69) is 48.5 Å². The van der Waals surface area contributed by atoms with Crippen molar-refractivity contribution < 1.29 is 80.2 Å². The van der Waals surface area contributed by atoms with E-state index in [9.17, 15) is 43.2 Å². The Morgan fingerprint density at radius 2 is 0.474 bits per heavy atom. The topological polar surface area (TPSA) is 237 Å². The zero-order valence-electron chi connectivity index (χ0n) is 63.5. The summed E-state index contributed by atoms with van der Waals surface area (Å²) in [5.74, 6) is 0.255. The van der Waals surface area contributed by atoms with E-state index in [0.717, 1.165) is 114 Å². The van der Waals surface area contributed by atoms with Crippen LogP contribution in [0.2, 0.25) is 0 Å². The number of hydrogen-bond acceptors (Lipinski definition) is 15. The molecule has 0 fully saturated rings. The number of ether oxygens (including phenoxy) is 4. The molecule has 0 rings (SSSR count). The molecule has 0 aromatic rings. The van der Waals surface area contributed by atoms with E-state index >= 15 is 0 Å². The van der Waals surface area contributed by atoms with Gasteiger partial charge in [0.25, 0.3) is 0 Å². The van der Waals surface area contributed by atoms with E-state index in [-0.39, 0.29) is 25.7 Å². The van der Waals surface area contributed by atoms with E-state index in [1.165, 1.54) is 205 Å². The lowest BCUT2D eigenvalue weighted by atomic mass is 10.0.